The second kappa shape index (κ2) is 5.10. The van der Waals surface area contributed by atoms with E-state index in [1.54, 1.807) is 12.3 Å². The second-order valence-corrected chi connectivity index (χ2v) is 2.55. The molecule has 1 aromatic heterocycles. The number of rotatable bonds is 0. The fraction of sp³-hybridized carbons (Fsp3) is 0.143. The van der Waals surface area contributed by atoms with Crippen molar-refractivity contribution in [3.05, 3.63) is 28.0 Å². The summed E-state index contributed by atoms with van der Waals surface area (Å²) in [6, 6.07) is 1.62. The number of carbonyl (C=O) groups excluding carboxylic acids is 1. The molecule has 0 atom stereocenters. The number of nitrogens with zero attached hydrogens (tertiary/aromatic N) is 1. The zero-order valence-corrected chi connectivity index (χ0v) is 7.49. The largest absolute Gasteiger partial charge is 0.307 e. The van der Waals surface area contributed by atoms with Gasteiger partial charge in [0.15, 0.2) is 0 Å². The van der Waals surface area contributed by atoms with Crippen LogP contribution in [0.15, 0.2) is 12.3 Å². The van der Waals surface area contributed by atoms with Gasteiger partial charge in [0.1, 0.15) is 11.9 Å². The van der Waals surface area contributed by atoms with E-state index in [0.717, 1.165) is 5.56 Å². The van der Waals surface area contributed by atoms with E-state index in [1.807, 2.05) is 13.7 Å². The van der Waals surface area contributed by atoms with Crippen molar-refractivity contribution in [1.29, 1.82) is 0 Å². The number of carbonyl (C=O) groups is 1. The number of aromatic nitrogens is 1. The number of halogens is 2. The van der Waals surface area contributed by atoms with Gasteiger partial charge in [0, 0.05) is 11.2 Å². The smallest absolute Gasteiger partial charge is 0.130 e. The van der Waals surface area contributed by atoms with Crippen molar-refractivity contribution in [1.82, 2.24) is 4.98 Å². The van der Waals surface area contributed by atoms with Gasteiger partial charge in [0.2, 0.25) is 0 Å². The molecular weight excluding hydrogens is 185 g/mol. The summed E-state index contributed by atoms with van der Waals surface area (Å²) in [5.41, 5.74) is 0.945. The fourth-order valence-corrected chi connectivity index (χ4v) is 0.842. The summed E-state index contributed by atoms with van der Waals surface area (Å²) >= 11 is 11.2. The highest BCUT2D eigenvalue weighted by molar-refractivity contribution is 6.34. The molecule has 0 aliphatic rings. The van der Waals surface area contributed by atoms with E-state index in [2.05, 4.69) is 4.98 Å². The van der Waals surface area contributed by atoms with Crippen molar-refractivity contribution in [3.8, 4) is 0 Å². The van der Waals surface area contributed by atoms with Gasteiger partial charge in [-0.1, -0.05) is 23.2 Å². The zero-order valence-electron chi connectivity index (χ0n) is 5.97. The molecule has 1 rings (SSSR count). The van der Waals surface area contributed by atoms with Gasteiger partial charge in [-0.3, -0.25) is 0 Å². The van der Waals surface area contributed by atoms with Crippen LogP contribution in [0.2, 0.25) is 10.2 Å². The minimum atomic E-state index is 0.436. The summed E-state index contributed by atoms with van der Waals surface area (Å²) in [4.78, 5) is 11.8. The summed E-state index contributed by atoms with van der Waals surface area (Å²) < 4.78 is 0. The minimum Gasteiger partial charge on any atom is -0.307 e. The predicted octanol–water partition coefficient (Wildman–Crippen LogP) is 2.51. The van der Waals surface area contributed by atoms with Crippen LogP contribution in [-0.4, -0.2) is 11.8 Å². The van der Waals surface area contributed by atoms with Crippen LogP contribution < -0.4 is 0 Å². The van der Waals surface area contributed by atoms with Crippen molar-refractivity contribution in [2.75, 3.05) is 0 Å². The van der Waals surface area contributed by atoms with Gasteiger partial charge in [-0.05, 0) is 18.6 Å². The molecule has 2 nitrogen and oxygen atoms in total. The highest BCUT2D eigenvalue weighted by Crippen LogP contribution is 2.16. The molecule has 4 heteroatoms. The third-order valence-electron chi connectivity index (χ3n) is 1.00. The third kappa shape index (κ3) is 3.35. The third-order valence-corrected chi connectivity index (χ3v) is 1.62. The normalized spacial score (nSPS) is 8.27. The molecule has 0 spiro atoms. The first-order valence-corrected chi connectivity index (χ1v) is 3.52. The van der Waals surface area contributed by atoms with E-state index in [4.69, 9.17) is 28.0 Å². The lowest BCUT2D eigenvalue weighted by Gasteiger charge is -1.93. The molecule has 0 radical (unpaired) electrons. The molecule has 0 N–H and O–H groups in total. The van der Waals surface area contributed by atoms with Crippen molar-refractivity contribution >= 4 is 30.0 Å². The second-order valence-electron chi connectivity index (χ2n) is 1.76. The SMILES string of the molecule is C=O.Cc1cnc(Cl)cc1Cl. The predicted molar refractivity (Wildman–Crippen MR) is 46.1 cm³/mol. The van der Waals surface area contributed by atoms with Crippen molar-refractivity contribution in [2.24, 2.45) is 0 Å². The van der Waals surface area contributed by atoms with E-state index < -0.39 is 0 Å². The Hall–Kier alpha value is -0.600. The quantitative estimate of drug-likeness (QED) is 0.591. The summed E-state index contributed by atoms with van der Waals surface area (Å²) in [6.07, 6.45) is 1.64. The molecule has 0 bridgehead atoms. The molecule has 0 aliphatic heterocycles. The lowest BCUT2D eigenvalue weighted by Crippen LogP contribution is -1.77. The Kier molecular flexibility index (Phi) is 4.83. The first-order chi connectivity index (χ1) is 5.20. The molecule has 0 amide bonds. The molecule has 11 heavy (non-hydrogen) atoms. The molecule has 0 saturated carbocycles. The van der Waals surface area contributed by atoms with Crippen molar-refractivity contribution in [3.63, 3.8) is 0 Å². The topological polar surface area (TPSA) is 30.0 Å². The average molecular weight is 192 g/mol. The molecular formula is C7H7Cl2NO. The van der Waals surface area contributed by atoms with Crippen LogP contribution >= 0.6 is 23.2 Å². The van der Waals surface area contributed by atoms with Crippen LogP contribution in [0, 0.1) is 6.92 Å². The molecule has 60 valence electrons. The molecule has 1 aromatic rings. The Balaban J connectivity index is 0.000000461. The maximum absolute atomic E-state index is 8.00. The van der Waals surface area contributed by atoms with Crippen LogP contribution in [0.4, 0.5) is 0 Å². The Morgan fingerprint density at radius 1 is 1.45 bits per heavy atom. The number of aryl methyl sites for hydroxylation is 1. The number of hydrogen-bond donors (Lipinski definition) is 0. The summed E-state index contributed by atoms with van der Waals surface area (Å²) in [6.45, 7) is 3.88. The molecule has 0 saturated heterocycles. The highest BCUT2D eigenvalue weighted by Gasteiger charge is 1.94. The Labute approximate surface area is 75.2 Å². The maximum atomic E-state index is 8.00. The monoisotopic (exact) mass is 191 g/mol. The standard InChI is InChI=1S/C6H5Cl2N.CH2O/c1-4-3-9-6(8)2-5(4)7;1-2/h2-3H,1H3;1H2. The van der Waals surface area contributed by atoms with Gasteiger partial charge < -0.3 is 4.79 Å². The van der Waals surface area contributed by atoms with Crippen LogP contribution in [0.3, 0.4) is 0 Å². The van der Waals surface area contributed by atoms with Gasteiger partial charge in [0.25, 0.3) is 0 Å². The van der Waals surface area contributed by atoms with E-state index in [9.17, 15) is 0 Å². The van der Waals surface area contributed by atoms with Crippen LogP contribution in [-0.2, 0) is 4.79 Å². The Morgan fingerprint density at radius 2 is 2.00 bits per heavy atom. The number of hydrogen-bond acceptors (Lipinski definition) is 2. The van der Waals surface area contributed by atoms with E-state index in [-0.39, 0.29) is 0 Å². The Bertz CT molecular complexity index is 240. The minimum absolute atomic E-state index is 0.436. The van der Waals surface area contributed by atoms with Gasteiger partial charge in [-0.25, -0.2) is 4.98 Å². The molecule has 1 heterocycles. The number of pyridine rings is 1. The van der Waals surface area contributed by atoms with E-state index in [0.29, 0.717) is 10.2 Å². The van der Waals surface area contributed by atoms with E-state index in [1.165, 1.54) is 0 Å². The van der Waals surface area contributed by atoms with Gasteiger partial charge in [0.05, 0.1) is 0 Å². The van der Waals surface area contributed by atoms with Crippen molar-refractivity contribution < 1.29 is 4.79 Å². The van der Waals surface area contributed by atoms with Crippen LogP contribution in [0.25, 0.3) is 0 Å². The Morgan fingerprint density at radius 3 is 2.36 bits per heavy atom. The van der Waals surface area contributed by atoms with Gasteiger partial charge >= 0.3 is 0 Å². The molecule has 0 unspecified atom stereocenters. The lowest BCUT2D eigenvalue weighted by atomic mass is 10.3. The van der Waals surface area contributed by atoms with Crippen molar-refractivity contribution in [2.45, 2.75) is 6.92 Å². The maximum Gasteiger partial charge on any atom is 0.130 e. The summed E-state index contributed by atoms with van der Waals surface area (Å²) in [7, 11) is 0. The first-order valence-electron chi connectivity index (χ1n) is 2.76. The molecule has 0 fully saturated rings. The fourth-order valence-electron chi connectivity index (χ4n) is 0.476. The van der Waals surface area contributed by atoms with E-state index >= 15 is 0 Å². The first kappa shape index (κ1) is 10.4. The summed E-state index contributed by atoms with van der Waals surface area (Å²) in [5, 5.41) is 1.10. The van der Waals surface area contributed by atoms with Crippen LogP contribution in [0.5, 0.6) is 0 Å². The summed E-state index contributed by atoms with van der Waals surface area (Å²) in [5.74, 6) is 0. The van der Waals surface area contributed by atoms with Gasteiger partial charge in [-0.2, -0.15) is 0 Å². The zero-order chi connectivity index (χ0) is 8.85. The molecule has 0 aromatic carbocycles. The van der Waals surface area contributed by atoms with Gasteiger partial charge in [-0.15, -0.1) is 0 Å². The lowest BCUT2D eigenvalue weighted by molar-refractivity contribution is -0.0979. The average Bonchev–Trinajstić information content (AvgIpc) is 2.02. The van der Waals surface area contributed by atoms with Crippen LogP contribution in [0.1, 0.15) is 5.56 Å². The molecule has 0 aliphatic carbocycles. The highest BCUT2D eigenvalue weighted by atomic mass is 35.5.